The highest BCUT2D eigenvalue weighted by molar-refractivity contribution is 6.00. The van der Waals surface area contributed by atoms with Crippen molar-refractivity contribution >= 4 is 5.78 Å². The third-order valence-corrected chi connectivity index (χ3v) is 5.68. The summed E-state index contributed by atoms with van der Waals surface area (Å²) in [5, 5.41) is 9.39. The maximum absolute atomic E-state index is 12.2. The average molecular weight is 359 g/mol. The number of carbonyl (C=O) groups excluding carboxylic acids is 1. The van der Waals surface area contributed by atoms with E-state index in [0.717, 1.165) is 29.7 Å². The van der Waals surface area contributed by atoms with E-state index in [4.69, 9.17) is 9.72 Å². The topological polar surface area (TPSA) is 75.9 Å². The second kappa shape index (κ2) is 6.62. The predicted molar refractivity (Wildman–Crippen MR) is 101 cm³/mol. The van der Waals surface area contributed by atoms with Gasteiger partial charge >= 0.3 is 0 Å². The summed E-state index contributed by atoms with van der Waals surface area (Å²) in [5.74, 6) is 1.31. The van der Waals surface area contributed by atoms with Gasteiger partial charge in [-0.25, -0.2) is 4.98 Å². The molecule has 2 atom stereocenters. The molecule has 1 aromatic carbocycles. The molecular weight excluding hydrogens is 338 g/mol. The van der Waals surface area contributed by atoms with Gasteiger partial charge in [0.25, 0.3) is 0 Å². The Morgan fingerprint density at radius 1 is 1.30 bits per heavy atom. The first-order chi connectivity index (χ1) is 13.1. The number of nitriles is 1. The van der Waals surface area contributed by atoms with E-state index in [1.807, 2.05) is 43.3 Å². The molecule has 0 amide bonds. The standard InChI is InChI=1S/C22H21N3O2/c1-3-27-21-17-10-9-16-11-18(26)15(13-23)12-22(16,2)19(17)24-20(25-21)14-7-5-4-6-8-14/h4-8,12,16H,3,9-11H2,1-2H3. The number of allylic oxidation sites excluding steroid dienone is 2. The van der Waals surface area contributed by atoms with Crippen LogP contribution in [0.25, 0.3) is 11.4 Å². The van der Waals surface area contributed by atoms with Gasteiger partial charge in [0.1, 0.15) is 6.07 Å². The lowest BCUT2D eigenvalue weighted by Crippen LogP contribution is -2.41. The monoisotopic (exact) mass is 359 g/mol. The fourth-order valence-corrected chi connectivity index (χ4v) is 4.23. The molecule has 4 rings (SSSR count). The van der Waals surface area contributed by atoms with E-state index in [1.54, 1.807) is 0 Å². The molecule has 0 bridgehead atoms. The summed E-state index contributed by atoms with van der Waals surface area (Å²) in [4.78, 5) is 21.8. The van der Waals surface area contributed by atoms with Gasteiger partial charge in [-0.1, -0.05) is 43.3 Å². The molecule has 0 saturated carbocycles. The van der Waals surface area contributed by atoms with Crippen LogP contribution in [0.2, 0.25) is 0 Å². The molecule has 0 spiro atoms. The number of hydrogen-bond donors (Lipinski definition) is 0. The van der Waals surface area contributed by atoms with Crippen LogP contribution in [0.15, 0.2) is 42.0 Å². The smallest absolute Gasteiger partial charge is 0.220 e. The van der Waals surface area contributed by atoms with Crippen molar-refractivity contribution in [1.29, 1.82) is 5.26 Å². The molecular formula is C22H21N3O2. The van der Waals surface area contributed by atoms with E-state index in [0.29, 0.717) is 24.7 Å². The third kappa shape index (κ3) is 2.82. The molecule has 0 radical (unpaired) electrons. The van der Waals surface area contributed by atoms with Crippen molar-refractivity contribution in [2.45, 2.75) is 38.5 Å². The van der Waals surface area contributed by atoms with Gasteiger partial charge in [0.2, 0.25) is 5.88 Å². The first-order valence-electron chi connectivity index (χ1n) is 9.32. The van der Waals surface area contributed by atoms with E-state index in [-0.39, 0.29) is 17.3 Å². The van der Waals surface area contributed by atoms with Crippen molar-refractivity contribution in [2.24, 2.45) is 5.92 Å². The van der Waals surface area contributed by atoms with Crippen LogP contribution in [0.5, 0.6) is 5.88 Å². The molecule has 5 heteroatoms. The van der Waals surface area contributed by atoms with E-state index >= 15 is 0 Å². The molecule has 136 valence electrons. The van der Waals surface area contributed by atoms with Crippen LogP contribution in [-0.4, -0.2) is 22.4 Å². The van der Waals surface area contributed by atoms with Crippen LogP contribution in [0.4, 0.5) is 0 Å². The molecule has 1 heterocycles. The second-order valence-electron chi connectivity index (χ2n) is 7.29. The minimum atomic E-state index is -0.467. The van der Waals surface area contributed by atoms with E-state index in [9.17, 15) is 10.1 Å². The highest BCUT2D eigenvalue weighted by atomic mass is 16.5. The quantitative estimate of drug-likeness (QED) is 0.833. The summed E-state index contributed by atoms with van der Waals surface area (Å²) in [7, 11) is 0. The SMILES string of the molecule is CCOc1nc(-c2ccccc2)nc2c1CCC1CC(=O)C(C#N)=CC21C. The molecule has 2 unspecified atom stereocenters. The molecule has 2 aromatic rings. The Balaban J connectivity index is 1.95. The molecule has 27 heavy (non-hydrogen) atoms. The van der Waals surface area contributed by atoms with Crippen LogP contribution in [0.3, 0.4) is 0 Å². The van der Waals surface area contributed by atoms with E-state index in [1.165, 1.54) is 0 Å². The summed E-state index contributed by atoms with van der Waals surface area (Å²) >= 11 is 0. The van der Waals surface area contributed by atoms with Gasteiger partial charge in [-0.15, -0.1) is 0 Å². The summed E-state index contributed by atoms with van der Waals surface area (Å²) < 4.78 is 5.86. The Morgan fingerprint density at radius 3 is 2.78 bits per heavy atom. The summed E-state index contributed by atoms with van der Waals surface area (Å²) in [6, 6.07) is 11.9. The Hall–Kier alpha value is -3.00. The zero-order valence-corrected chi connectivity index (χ0v) is 15.5. The Kier molecular flexibility index (Phi) is 4.27. The predicted octanol–water partition coefficient (Wildman–Crippen LogP) is 3.79. The van der Waals surface area contributed by atoms with Crippen LogP contribution < -0.4 is 4.74 Å². The van der Waals surface area contributed by atoms with Crippen LogP contribution in [0, 0.1) is 17.2 Å². The van der Waals surface area contributed by atoms with Crippen molar-refractivity contribution in [1.82, 2.24) is 9.97 Å². The molecule has 5 nitrogen and oxygen atoms in total. The first-order valence-corrected chi connectivity index (χ1v) is 9.32. The number of aromatic nitrogens is 2. The summed E-state index contributed by atoms with van der Waals surface area (Å²) in [5.41, 5.74) is 2.57. The Morgan fingerprint density at radius 2 is 2.07 bits per heavy atom. The average Bonchev–Trinajstić information content (AvgIpc) is 2.69. The van der Waals surface area contributed by atoms with Crippen molar-refractivity contribution < 1.29 is 9.53 Å². The van der Waals surface area contributed by atoms with Gasteiger partial charge < -0.3 is 4.74 Å². The minimum absolute atomic E-state index is 0.0641. The highest BCUT2D eigenvalue weighted by Crippen LogP contribution is 2.48. The van der Waals surface area contributed by atoms with Gasteiger partial charge in [0, 0.05) is 23.0 Å². The van der Waals surface area contributed by atoms with Crippen LogP contribution in [-0.2, 0) is 16.6 Å². The van der Waals surface area contributed by atoms with Crippen molar-refractivity contribution in [2.75, 3.05) is 6.61 Å². The largest absolute Gasteiger partial charge is 0.478 e. The number of carbonyl (C=O) groups is 1. The summed E-state index contributed by atoms with van der Waals surface area (Å²) in [6.45, 7) is 4.55. The van der Waals surface area contributed by atoms with Crippen molar-refractivity contribution in [3.8, 4) is 23.3 Å². The van der Waals surface area contributed by atoms with Gasteiger partial charge in [0.15, 0.2) is 11.6 Å². The maximum Gasteiger partial charge on any atom is 0.220 e. The zero-order chi connectivity index (χ0) is 19.0. The third-order valence-electron chi connectivity index (χ3n) is 5.68. The Bertz CT molecular complexity index is 975. The van der Waals surface area contributed by atoms with Gasteiger partial charge in [-0.3, -0.25) is 4.79 Å². The molecule has 0 fully saturated rings. The maximum atomic E-state index is 12.2. The molecule has 0 N–H and O–H groups in total. The number of nitrogens with zero attached hydrogens (tertiary/aromatic N) is 3. The van der Waals surface area contributed by atoms with Crippen molar-refractivity contribution in [3.05, 3.63) is 53.2 Å². The number of rotatable bonds is 3. The van der Waals surface area contributed by atoms with Crippen molar-refractivity contribution in [3.63, 3.8) is 0 Å². The number of ketones is 1. The molecule has 0 aliphatic heterocycles. The van der Waals surface area contributed by atoms with Gasteiger partial charge in [-0.05, 0) is 25.7 Å². The molecule has 1 aromatic heterocycles. The molecule has 2 aliphatic rings. The lowest BCUT2D eigenvalue weighted by molar-refractivity contribution is -0.117. The number of hydrogen-bond acceptors (Lipinski definition) is 5. The lowest BCUT2D eigenvalue weighted by atomic mass is 9.61. The van der Waals surface area contributed by atoms with E-state index < -0.39 is 5.41 Å². The normalized spacial score (nSPS) is 23.7. The molecule has 2 aliphatic carbocycles. The fourth-order valence-electron chi connectivity index (χ4n) is 4.23. The fraction of sp³-hybridized carbons (Fsp3) is 0.364. The zero-order valence-electron chi connectivity index (χ0n) is 15.5. The Labute approximate surface area is 158 Å². The highest BCUT2D eigenvalue weighted by Gasteiger charge is 2.46. The van der Waals surface area contributed by atoms with Crippen LogP contribution in [0.1, 0.15) is 37.9 Å². The lowest BCUT2D eigenvalue weighted by Gasteiger charge is -2.42. The number of Topliss-reactive ketones (excluding diaryl/α,β-unsaturated/α-hetero) is 1. The number of fused-ring (bicyclic) bond motifs is 3. The minimum Gasteiger partial charge on any atom is -0.478 e. The second-order valence-corrected chi connectivity index (χ2v) is 7.29. The van der Waals surface area contributed by atoms with Crippen LogP contribution >= 0.6 is 0 Å². The van der Waals surface area contributed by atoms with Gasteiger partial charge in [0.05, 0.1) is 17.9 Å². The van der Waals surface area contributed by atoms with E-state index in [2.05, 4.69) is 18.0 Å². The summed E-state index contributed by atoms with van der Waals surface area (Å²) in [6.07, 6.45) is 3.85. The van der Waals surface area contributed by atoms with Gasteiger partial charge in [-0.2, -0.15) is 10.2 Å². The number of ether oxygens (including phenoxy) is 1. The first kappa shape index (κ1) is 17.4. The molecule has 0 saturated heterocycles. The number of benzene rings is 1.